The second-order valence-corrected chi connectivity index (χ2v) is 3.80. The summed E-state index contributed by atoms with van der Waals surface area (Å²) in [5.41, 5.74) is 0. The summed E-state index contributed by atoms with van der Waals surface area (Å²) >= 11 is 0. The van der Waals surface area contributed by atoms with E-state index in [-0.39, 0.29) is 12.5 Å². The van der Waals surface area contributed by atoms with Crippen molar-refractivity contribution in [1.29, 1.82) is 0 Å². The fourth-order valence-corrected chi connectivity index (χ4v) is 0.854. The van der Waals surface area contributed by atoms with Crippen LogP contribution in [-0.4, -0.2) is 50.7 Å². The number of nitrogens with zero attached hydrogens (tertiary/aromatic N) is 1. The number of hydrogen-bond donors (Lipinski definition) is 1. The highest BCUT2D eigenvalue weighted by Gasteiger charge is 2.02. The van der Waals surface area contributed by atoms with Crippen molar-refractivity contribution < 1.29 is 9.53 Å². The van der Waals surface area contributed by atoms with Gasteiger partial charge in [0.1, 0.15) is 6.61 Å². The van der Waals surface area contributed by atoms with Gasteiger partial charge in [-0.2, -0.15) is 0 Å². The Morgan fingerprint density at radius 1 is 1.43 bits per heavy atom. The number of rotatable bonds is 7. The van der Waals surface area contributed by atoms with Gasteiger partial charge >= 0.3 is 0 Å². The standard InChI is InChI=1S/C10H22N2O2/c1-9(2)11-6-5-7-14-8-10(13)12(3)4/h9,11H,5-8H2,1-4H3. The van der Waals surface area contributed by atoms with Gasteiger partial charge in [0, 0.05) is 26.7 Å². The Kier molecular flexibility index (Phi) is 7.42. The number of likely N-dealkylation sites (N-methyl/N-ethyl adjacent to an activating group) is 1. The normalized spacial score (nSPS) is 10.6. The maximum absolute atomic E-state index is 11.1. The summed E-state index contributed by atoms with van der Waals surface area (Å²) in [4.78, 5) is 12.6. The molecule has 0 radical (unpaired) electrons. The first-order chi connectivity index (χ1) is 6.54. The topological polar surface area (TPSA) is 41.6 Å². The van der Waals surface area contributed by atoms with Crippen LogP contribution in [0, 0.1) is 0 Å². The average molecular weight is 202 g/mol. The van der Waals surface area contributed by atoms with Crippen molar-refractivity contribution in [1.82, 2.24) is 10.2 Å². The summed E-state index contributed by atoms with van der Waals surface area (Å²) in [6.45, 7) is 5.98. The van der Waals surface area contributed by atoms with Gasteiger partial charge in [-0.3, -0.25) is 4.79 Å². The van der Waals surface area contributed by atoms with E-state index < -0.39 is 0 Å². The van der Waals surface area contributed by atoms with Gasteiger partial charge in [0.15, 0.2) is 0 Å². The van der Waals surface area contributed by atoms with Gasteiger partial charge in [0.25, 0.3) is 0 Å². The molecule has 0 aliphatic carbocycles. The highest BCUT2D eigenvalue weighted by Crippen LogP contribution is 1.86. The van der Waals surface area contributed by atoms with Gasteiger partial charge in [0.2, 0.25) is 5.91 Å². The van der Waals surface area contributed by atoms with E-state index >= 15 is 0 Å². The molecule has 0 saturated heterocycles. The maximum Gasteiger partial charge on any atom is 0.248 e. The SMILES string of the molecule is CC(C)NCCCOCC(=O)N(C)C. The minimum absolute atomic E-state index is 0.0156. The first-order valence-corrected chi connectivity index (χ1v) is 5.05. The summed E-state index contributed by atoms with van der Waals surface area (Å²) in [6.07, 6.45) is 0.943. The van der Waals surface area contributed by atoms with Crippen molar-refractivity contribution in [3.8, 4) is 0 Å². The van der Waals surface area contributed by atoms with Gasteiger partial charge in [0.05, 0.1) is 0 Å². The van der Waals surface area contributed by atoms with E-state index in [2.05, 4.69) is 19.2 Å². The molecule has 0 saturated carbocycles. The molecule has 1 N–H and O–H groups in total. The molecule has 0 atom stereocenters. The number of ether oxygens (including phenoxy) is 1. The zero-order chi connectivity index (χ0) is 11.0. The Hall–Kier alpha value is -0.610. The van der Waals surface area contributed by atoms with E-state index in [0.717, 1.165) is 13.0 Å². The first-order valence-electron chi connectivity index (χ1n) is 5.05. The summed E-state index contributed by atoms with van der Waals surface area (Å²) in [5.74, 6) is 0.0156. The molecule has 4 heteroatoms. The van der Waals surface area contributed by atoms with Crippen LogP contribution >= 0.6 is 0 Å². The second-order valence-electron chi connectivity index (χ2n) is 3.80. The molecule has 0 heterocycles. The lowest BCUT2D eigenvalue weighted by molar-refractivity contribution is -0.133. The van der Waals surface area contributed by atoms with Crippen molar-refractivity contribution in [2.45, 2.75) is 26.3 Å². The van der Waals surface area contributed by atoms with Gasteiger partial charge in [-0.15, -0.1) is 0 Å². The van der Waals surface area contributed by atoms with Crippen molar-refractivity contribution in [2.75, 3.05) is 33.9 Å². The van der Waals surface area contributed by atoms with Gasteiger partial charge < -0.3 is 15.0 Å². The quantitative estimate of drug-likeness (QED) is 0.611. The Bertz CT molecular complexity index is 158. The molecular formula is C10H22N2O2. The zero-order valence-electron chi connectivity index (χ0n) is 9.67. The third-order valence-electron chi connectivity index (χ3n) is 1.74. The van der Waals surface area contributed by atoms with E-state index in [1.807, 2.05) is 0 Å². The number of amides is 1. The summed E-state index contributed by atoms with van der Waals surface area (Å²) in [7, 11) is 3.46. The first kappa shape index (κ1) is 13.4. The molecule has 1 amide bonds. The van der Waals surface area contributed by atoms with Gasteiger partial charge in [-0.1, -0.05) is 13.8 Å². The molecule has 0 unspecified atom stereocenters. The fourth-order valence-electron chi connectivity index (χ4n) is 0.854. The lowest BCUT2D eigenvalue weighted by atomic mass is 10.3. The van der Waals surface area contributed by atoms with Crippen LogP contribution in [0.4, 0.5) is 0 Å². The van der Waals surface area contributed by atoms with Crippen LogP contribution in [0.1, 0.15) is 20.3 Å². The van der Waals surface area contributed by atoms with Crippen LogP contribution < -0.4 is 5.32 Å². The Balaban J connectivity index is 3.18. The molecule has 0 fully saturated rings. The molecule has 0 aromatic heterocycles. The molecule has 4 nitrogen and oxygen atoms in total. The highest BCUT2D eigenvalue weighted by molar-refractivity contribution is 5.76. The molecular weight excluding hydrogens is 180 g/mol. The largest absolute Gasteiger partial charge is 0.372 e. The minimum Gasteiger partial charge on any atom is -0.372 e. The Morgan fingerprint density at radius 3 is 2.57 bits per heavy atom. The predicted molar refractivity (Wildman–Crippen MR) is 57.3 cm³/mol. The van der Waals surface area contributed by atoms with Crippen LogP contribution in [0.3, 0.4) is 0 Å². The van der Waals surface area contributed by atoms with Crippen LogP contribution in [0.2, 0.25) is 0 Å². The van der Waals surface area contributed by atoms with Crippen molar-refractivity contribution in [3.05, 3.63) is 0 Å². The number of carbonyl (C=O) groups is 1. The number of hydrogen-bond acceptors (Lipinski definition) is 3. The Morgan fingerprint density at radius 2 is 2.07 bits per heavy atom. The molecule has 0 rings (SSSR count). The van der Waals surface area contributed by atoms with Crippen LogP contribution in [0.15, 0.2) is 0 Å². The lowest BCUT2D eigenvalue weighted by Crippen LogP contribution is -2.27. The molecule has 0 aliphatic rings. The number of carbonyl (C=O) groups excluding carboxylic acids is 1. The molecule has 84 valence electrons. The third kappa shape index (κ3) is 8.01. The van der Waals surface area contributed by atoms with E-state index in [0.29, 0.717) is 12.6 Å². The molecule has 0 aliphatic heterocycles. The molecule has 14 heavy (non-hydrogen) atoms. The van der Waals surface area contributed by atoms with E-state index in [1.54, 1.807) is 14.1 Å². The highest BCUT2D eigenvalue weighted by atomic mass is 16.5. The van der Waals surface area contributed by atoms with Crippen LogP contribution in [0.25, 0.3) is 0 Å². The van der Waals surface area contributed by atoms with E-state index in [4.69, 9.17) is 4.74 Å². The summed E-state index contributed by atoms with van der Waals surface area (Å²) < 4.78 is 5.21. The number of nitrogens with one attached hydrogen (secondary N) is 1. The lowest BCUT2D eigenvalue weighted by Gasteiger charge is -2.11. The minimum atomic E-state index is 0.0156. The second kappa shape index (κ2) is 7.76. The van der Waals surface area contributed by atoms with Crippen LogP contribution in [-0.2, 0) is 9.53 Å². The van der Waals surface area contributed by atoms with E-state index in [1.165, 1.54) is 4.90 Å². The van der Waals surface area contributed by atoms with Crippen molar-refractivity contribution in [2.24, 2.45) is 0 Å². The van der Waals surface area contributed by atoms with Crippen molar-refractivity contribution >= 4 is 5.91 Å². The Labute approximate surface area is 86.6 Å². The smallest absolute Gasteiger partial charge is 0.248 e. The van der Waals surface area contributed by atoms with Crippen LogP contribution in [0.5, 0.6) is 0 Å². The average Bonchev–Trinajstić information content (AvgIpc) is 2.09. The van der Waals surface area contributed by atoms with Gasteiger partial charge in [-0.05, 0) is 13.0 Å². The van der Waals surface area contributed by atoms with Crippen molar-refractivity contribution in [3.63, 3.8) is 0 Å². The predicted octanol–water partition coefficient (Wildman–Crippen LogP) is 0.479. The monoisotopic (exact) mass is 202 g/mol. The molecule has 0 bridgehead atoms. The maximum atomic E-state index is 11.1. The summed E-state index contributed by atoms with van der Waals surface area (Å²) in [6, 6.07) is 0.512. The fraction of sp³-hybridized carbons (Fsp3) is 0.900. The molecule has 0 aromatic rings. The summed E-state index contributed by atoms with van der Waals surface area (Å²) in [5, 5.41) is 3.28. The third-order valence-corrected chi connectivity index (χ3v) is 1.74. The zero-order valence-corrected chi connectivity index (χ0v) is 9.67. The molecule has 0 spiro atoms. The van der Waals surface area contributed by atoms with E-state index in [9.17, 15) is 4.79 Å². The molecule has 0 aromatic carbocycles. The van der Waals surface area contributed by atoms with Gasteiger partial charge in [-0.25, -0.2) is 0 Å².